The third kappa shape index (κ3) is 3.16. The molecule has 2 aromatic heterocycles. The normalized spacial score (nSPS) is 16.6. The average molecular weight is 348 g/mol. The van der Waals surface area contributed by atoms with Crippen molar-refractivity contribution in [1.29, 1.82) is 0 Å². The van der Waals surface area contributed by atoms with Crippen molar-refractivity contribution in [2.45, 2.75) is 20.0 Å². The zero-order chi connectivity index (χ0) is 18.3. The summed E-state index contributed by atoms with van der Waals surface area (Å²) in [7, 11) is 5.12. The van der Waals surface area contributed by atoms with Gasteiger partial charge in [-0.25, -0.2) is 9.78 Å². The van der Waals surface area contributed by atoms with E-state index in [4.69, 9.17) is 0 Å². The molecule has 3 rings (SSSR count). The fourth-order valence-corrected chi connectivity index (χ4v) is 3.21. The molecular weight excluding hydrogens is 324 g/mol. The van der Waals surface area contributed by atoms with Gasteiger partial charge in [-0.15, -0.1) is 0 Å². The lowest BCUT2D eigenvalue weighted by atomic mass is 10.3. The Balaban J connectivity index is 2.12. The number of aryl methyl sites for hydroxylation is 1. The molecule has 0 aliphatic carbocycles. The van der Waals surface area contributed by atoms with Gasteiger partial charge in [-0.1, -0.05) is 0 Å². The molecule has 0 radical (unpaired) electrons. The number of fused-ring (bicyclic) bond motifs is 1. The summed E-state index contributed by atoms with van der Waals surface area (Å²) in [5.74, 6) is 0.586. The van der Waals surface area contributed by atoms with E-state index in [-0.39, 0.29) is 12.3 Å². The molecule has 136 valence electrons. The zero-order valence-corrected chi connectivity index (χ0v) is 15.2. The number of Topliss-reactive ketones (excluding diaryl/α,β-unsaturated/α-hetero) is 1. The zero-order valence-electron chi connectivity index (χ0n) is 15.2. The molecule has 1 aliphatic heterocycles. The number of hydrogen-bond acceptors (Lipinski definition) is 6. The molecule has 1 fully saturated rings. The summed E-state index contributed by atoms with van der Waals surface area (Å²) in [6.07, 6.45) is 0. The molecule has 0 unspecified atom stereocenters. The maximum atomic E-state index is 12.6. The molecule has 0 bridgehead atoms. The Morgan fingerprint density at radius 3 is 2.28 bits per heavy atom. The fourth-order valence-electron chi connectivity index (χ4n) is 3.21. The van der Waals surface area contributed by atoms with Crippen molar-refractivity contribution >= 4 is 16.9 Å². The van der Waals surface area contributed by atoms with E-state index in [0.29, 0.717) is 23.5 Å². The number of carbonyl (C=O) groups is 1. The first-order valence-corrected chi connectivity index (χ1v) is 8.35. The Hall–Kier alpha value is -2.26. The highest BCUT2D eigenvalue weighted by Gasteiger charge is 2.22. The van der Waals surface area contributed by atoms with Crippen LogP contribution < -0.4 is 11.2 Å². The van der Waals surface area contributed by atoms with Crippen LogP contribution in [0.5, 0.6) is 0 Å². The number of imidazole rings is 1. The first kappa shape index (κ1) is 17.6. The molecule has 0 aromatic carbocycles. The van der Waals surface area contributed by atoms with Crippen LogP contribution in [0.15, 0.2) is 9.59 Å². The van der Waals surface area contributed by atoms with Crippen LogP contribution in [0.4, 0.5) is 0 Å². The second-order valence-electron chi connectivity index (χ2n) is 6.77. The smallest absolute Gasteiger partial charge is 0.314 e. The van der Waals surface area contributed by atoms with E-state index in [9.17, 15) is 14.4 Å². The third-order valence-corrected chi connectivity index (χ3v) is 4.77. The van der Waals surface area contributed by atoms with Crippen LogP contribution >= 0.6 is 0 Å². The first-order chi connectivity index (χ1) is 11.8. The van der Waals surface area contributed by atoms with Gasteiger partial charge in [0.2, 0.25) is 0 Å². The molecular formula is C16H24N6O3. The van der Waals surface area contributed by atoms with E-state index in [1.165, 1.54) is 18.5 Å². The lowest BCUT2D eigenvalue weighted by Gasteiger charge is -2.32. The maximum absolute atomic E-state index is 12.6. The van der Waals surface area contributed by atoms with E-state index in [1.54, 1.807) is 11.6 Å². The van der Waals surface area contributed by atoms with E-state index in [1.807, 2.05) is 0 Å². The summed E-state index contributed by atoms with van der Waals surface area (Å²) in [4.78, 5) is 45.6. The van der Waals surface area contributed by atoms with Crippen LogP contribution in [-0.2, 0) is 32.0 Å². The minimum absolute atomic E-state index is 0.0603. The fraction of sp³-hybridized carbons (Fsp3) is 0.625. The van der Waals surface area contributed by atoms with Crippen LogP contribution in [0.3, 0.4) is 0 Å². The molecule has 0 saturated carbocycles. The molecule has 9 heteroatoms. The van der Waals surface area contributed by atoms with Crippen molar-refractivity contribution in [3.63, 3.8) is 0 Å². The largest absolute Gasteiger partial charge is 0.332 e. The Morgan fingerprint density at radius 1 is 1.04 bits per heavy atom. The van der Waals surface area contributed by atoms with Crippen molar-refractivity contribution in [1.82, 2.24) is 28.5 Å². The van der Waals surface area contributed by atoms with Crippen LogP contribution in [0, 0.1) is 0 Å². The number of carbonyl (C=O) groups excluding carboxylic acids is 1. The minimum atomic E-state index is -0.420. The van der Waals surface area contributed by atoms with Gasteiger partial charge in [-0.3, -0.25) is 23.6 Å². The van der Waals surface area contributed by atoms with Crippen molar-refractivity contribution in [3.8, 4) is 0 Å². The first-order valence-electron chi connectivity index (χ1n) is 8.35. The van der Waals surface area contributed by atoms with E-state index < -0.39 is 11.2 Å². The second-order valence-corrected chi connectivity index (χ2v) is 6.77. The Labute approximate surface area is 145 Å². The van der Waals surface area contributed by atoms with Crippen LogP contribution in [0.2, 0.25) is 0 Å². The number of piperazine rings is 1. The molecule has 0 spiro atoms. The monoisotopic (exact) mass is 348 g/mol. The van der Waals surface area contributed by atoms with E-state index in [0.717, 1.165) is 30.7 Å². The van der Waals surface area contributed by atoms with Crippen molar-refractivity contribution in [3.05, 3.63) is 26.7 Å². The van der Waals surface area contributed by atoms with Gasteiger partial charge in [0.25, 0.3) is 5.56 Å². The topological polar surface area (TPSA) is 85.4 Å². The number of likely N-dealkylation sites (N-methyl/N-ethyl adjacent to an activating group) is 1. The van der Waals surface area contributed by atoms with E-state index in [2.05, 4.69) is 21.8 Å². The molecule has 0 amide bonds. The Kier molecular flexibility index (Phi) is 4.61. The predicted octanol–water partition coefficient (Wildman–Crippen LogP) is -1.23. The van der Waals surface area contributed by atoms with E-state index >= 15 is 0 Å². The number of ketones is 1. The highest BCUT2D eigenvalue weighted by molar-refractivity contribution is 5.79. The summed E-state index contributed by atoms with van der Waals surface area (Å²) >= 11 is 0. The van der Waals surface area contributed by atoms with Gasteiger partial charge in [0.05, 0.1) is 13.1 Å². The van der Waals surface area contributed by atoms with Gasteiger partial charge in [-0.2, -0.15) is 0 Å². The lowest BCUT2D eigenvalue weighted by Crippen LogP contribution is -2.44. The molecule has 0 N–H and O–H groups in total. The summed E-state index contributed by atoms with van der Waals surface area (Å²) in [5, 5.41) is 0. The SMILES string of the molecule is CC(=O)Cn1c(CN2CCN(C)CC2)nc2c1c(=O)n(C)c(=O)n2C. The summed E-state index contributed by atoms with van der Waals surface area (Å²) in [6.45, 7) is 5.84. The highest BCUT2D eigenvalue weighted by Crippen LogP contribution is 2.14. The summed E-state index contributed by atoms with van der Waals surface area (Å²) in [5.41, 5.74) is -0.199. The Morgan fingerprint density at radius 2 is 1.68 bits per heavy atom. The molecule has 1 saturated heterocycles. The third-order valence-electron chi connectivity index (χ3n) is 4.77. The lowest BCUT2D eigenvalue weighted by molar-refractivity contribution is -0.117. The summed E-state index contributed by atoms with van der Waals surface area (Å²) in [6, 6.07) is 0. The van der Waals surface area contributed by atoms with Gasteiger partial charge < -0.3 is 9.47 Å². The number of aromatic nitrogens is 4. The van der Waals surface area contributed by atoms with Crippen molar-refractivity contribution in [2.75, 3.05) is 33.2 Å². The van der Waals surface area contributed by atoms with Gasteiger partial charge >= 0.3 is 5.69 Å². The van der Waals surface area contributed by atoms with Gasteiger partial charge in [-0.05, 0) is 14.0 Å². The predicted molar refractivity (Wildman–Crippen MR) is 93.7 cm³/mol. The average Bonchev–Trinajstić information content (AvgIpc) is 2.91. The van der Waals surface area contributed by atoms with Crippen LogP contribution in [0.25, 0.3) is 11.2 Å². The molecule has 0 atom stereocenters. The summed E-state index contributed by atoms with van der Waals surface area (Å²) < 4.78 is 4.08. The highest BCUT2D eigenvalue weighted by atomic mass is 16.2. The van der Waals surface area contributed by atoms with Gasteiger partial charge in [0.15, 0.2) is 11.2 Å². The van der Waals surface area contributed by atoms with Gasteiger partial charge in [0, 0.05) is 40.3 Å². The standard InChI is InChI=1S/C16H24N6O3/c1-11(23)9-22-12(10-21-7-5-18(2)6-8-21)17-14-13(22)15(24)20(4)16(25)19(14)3/h5-10H2,1-4H3. The number of hydrogen-bond donors (Lipinski definition) is 0. The molecule has 1 aliphatic rings. The molecule has 3 heterocycles. The molecule has 25 heavy (non-hydrogen) atoms. The second kappa shape index (κ2) is 6.57. The molecule has 9 nitrogen and oxygen atoms in total. The minimum Gasteiger partial charge on any atom is -0.314 e. The number of rotatable bonds is 4. The van der Waals surface area contributed by atoms with Crippen molar-refractivity contribution < 1.29 is 4.79 Å². The molecule has 2 aromatic rings. The quantitative estimate of drug-likeness (QED) is 0.688. The van der Waals surface area contributed by atoms with Crippen LogP contribution in [-0.4, -0.2) is 67.5 Å². The number of nitrogens with zero attached hydrogens (tertiary/aromatic N) is 6. The van der Waals surface area contributed by atoms with Crippen molar-refractivity contribution in [2.24, 2.45) is 14.1 Å². The Bertz CT molecular complexity index is 930. The maximum Gasteiger partial charge on any atom is 0.332 e. The van der Waals surface area contributed by atoms with Crippen LogP contribution in [0.1, 0.15) is 12.7 Å². The van der Waals surface area contributed by atoms with Gasteiger partial charge in [0.1, 0.15) is 11.6 Å².